The van der Waals surface area contributed by atoms with Gasteiger partial charge in [0.2, 0.25) is 0 Å². The molecule has 0 amide bonds. The summed E-state index contributed by atoms with van der Waals surface area (Å²) in [4.78, 5) is 0. The van der Waals surface area contributed by atoms with Crippen molar-refractivity contribution in [1.82, 2.24) is 0 Å². The van der Waals surface area contributed by atoms with Crippen LogP contribution in [-0.2, 0) is 25.8 Å². The van der Waals surface area contributed by atoms with Crippen LogP contribution in [-0.4, -0.2) is 12.7 Å². The van der Waals surface area contributed by atoms with E-state index in [1.165, 1.54) is 25.7 Å². The predicted octanol–water partition coefficient (Wildman–Crippen LogP) is 2.62. The van der Waals surface area contributed by atoms with Gasteiger partial charge in [-0.2, -0.15) is 12.8 Å². The van der Waals surface area contributed by atoms with Gasteiger partial charge in [0, 0.05) is 6.61 Å². The quantitative estimate of drug-likeness (QED) is 0.709. The van der Waals surface area contributed by atoms with E-state index in [-0.39, 0.29) is 28.5 Å². The fraction of sp³-hybridized carbons (Fsp3) is 0.778. The maximum atomic E-state index is 5.46. The fourth-order valence-electron chi connectivity index (χ4n) is 1.30. The third kappa shape index (κ3) is 5.87. The Morgan fingerprint density at radius 3 is 2.36 bits per heavy atom. The summed E-state index contributed by atoms with van der Waals surface area (Å²) in [5.41, 5.74) is 0. The van der Waals surface area contributed by atoms with E-state index >= 15 is 0 Å². The summed E-state index contributed by atoms with van der Waals surface area (Å²) in [6.07, 6.45) is 7.92. The zero-order valence-electron chi connectivity index (χ0n) is 7.51. The minimum absolute atomic E-state index is 0. The molecule has 0 N–H and O–H groups in total. The van der Waals surface area contributed by atoms with Crippen molar-refractivity contribution in [2.45, 2.75) is 38.7 Å². The van der Waals surface area contributed by atoms with Crippen LogP contribution in [0.15, 0.2) is 0 Å². The molecule has 0 unspecified atom stereocenters. The summed E-state index contributed by atoms with van der Waals surface area (Å²) in [6.45, 7) is 2.95. The van der Waals surface area contributed by atoms with Gasteiger partial charge in [0.15, 0.2) is 0 Å². The summed E-state index contributed by atoms with van der Waals surface area (Å²) in [5.74, 6) is 0. The molecular formula is C9H18OW. The van der Waals surface area contributed by atoms with Gasteiger partial charge in [-0.15, -0.1) is 0 Å². The summed E-state index contributed by atoms with van der Waals surface area (Å²) in [5, 5.41) is 0. The van der Waals surface area contributed by atoms with E-state index in [4.69, 9.17) is 4.74 Å². The van der Waals surface area contributed by atoms with E-state index in [0.717, 1.165) is 6.61 Å². The molecule has 2 heteroatoms. The van der Waals surface area contributed by atoms with Crippen LogP contribution in [0.1, 0.15) is 32.6 Å². The third-order valence-electron chi connectivity index (χ3n) is 1.79. The van der Waals surface area contributed by atoms with Gasteiger partial charge in [0.25, 0.3) is 0 Å². The topological polar surface area (TPSA) is 9.23 Å². The van der Waals surface area contributed by atoms with E-state index in [2.05, 4.69) is 13.3 Å². The van der Waals surface area contributed by atoms with Crippen LogP contribution in [0.2, 0.25) is 0 Å². The average molecular weight is 326 g/mol. The molecule has 0 bridgehead atoms. The summed E-state index contributed by atoms with van der Waals surface area (Å²) in [7, 11) is 0. The van der Waals surface area contributed by atoms with E-state index in [0.29, 0.717) is 6.10 Å². The molecular weight excluding hydrogens is 308 g/mol. The largest absolute Gasteiger partial charge is 2.00 e. The second kappa shape index (κ2) is 8.74. The Labute approximate surface area is 85.2 Å². The second-order valence-corrected chi connectivity index (χ2v) is 2.52. The Bertz CT molecular complexity index is 67.2. The van der Waals surface area contributed by atoms with Crippen molar-refractivity contribution in [1.29, 1.82) is 0 Å². The van der Waals surface area contributed by atoms with Crippen LogP contribution in [0.4, 0.5) is 0 Å². The molecule has 1 aliphatic rings. The predicted molar refractivity (Wildman–Crippen MR) is 44.6 cm³/mol. The molecule has 0 aromatic carbocycles. The van der Waals surface area contributed by atoms with Gasteiger partial charge in [-0.1, -0.05) is 12.8 Å². The first-order valence-corrected chi connectivity index (χ1v) is 3.86. The van der Waals surface area contributed by atoms with Crippen LogP contribution in [0, 0.1) is 13.8 Å². The molecule has 1 rings (SSSR count). The standard InChI is InChI=1S/C8H15O.CH3.W/c1-2-9-8-6-4-3-5-7-8;;/h3,8H,2,4-7H2,1H3;1H3;/q2*-1;+2. The molecule has 1 fully saturated rings. The van der Waals surface area contributed by atoms with Crippen molar-refractivity contribution in [2.24, 2.45) is 0 Å². The number of hydrogen-bond donors (Lipinski definition) is 0. The monoisotopic (exact) mass is 326 g/mol. The van der Waals surface area contributed by atoms with Crippen LogP contribution in [0.3, 0.4) is 0 Å². The molecule has 66 valence electrons. The number of hydrogen-bond acceptors (Lipinski definition) is 1. The number of rotatable bonds is 2. The molecule has 11 heavy (non-hydrogen) atoms. The third-order valence-corrected chi connectivity index (χ3v) is 1.79. The number of ether oxygens (including phenoxy) is 1. The zero-order chi connectivity index (χ0) is 6.53. The average Bonchev–Trinajstić information content (AvgIpc) is 1.91. The zero-order valence-corrected chi connectivity index (χ0v) is 10.4. The van der Waals surface area contributed by atoms with E-state index in [1.807, 2.05) is 0 Å². The van der Waals surface area contributed by atoms with Crippen molar-refractivity contribution in [2.75, 3.05) is 6.61 Å². The summed E-state index contributed by atoms with van der Waals surface area (Å²) in [6, 6.07) is 0. The van der Waals surface area contributed by atoms with Gasteiger partial charge < -0.3 is 18.6 Å². The Balaban J connectivity index is 0. The van der Waals surface area contributed by atoms with Crippen molar-refractivity contribution in [3.05, 3.63) is 13.8 Å². The van der Waals surface area contributed by atoms with Crippen molar-refractivity contribution >= 4 is 0 Å². The van der Waals surface area contributed by atoms with Crippen LogP contribution < -0.4 is 0 Å². The molecule has 1 aliphatic carbocycles. The Morgan fingerprint density at radius 1 is 1.36 bits per heavy atom. The van der Waals surface area contributed by atoms with Crippen molar-refractivity contribution < 1.29 is 25.8 Å². The minimum atomic E-state index is 0. The molecule has 0 saturated heterocycles. The van der Waals surface area contributed by atoms with Crippen molar-refractivity contribution in [3.63, 3.8) is 0 Å². The molecule has 0 aliphatic heterocycles. The fourth-order valence-corrected chi connectivity index (χ4v) is 1.30. The Hall–Kier alpha value is 0.648. The molecule has 1 saturated carbocycles. The molecule has 0 spiro atoms. The first kappa shape index (κ1) is 14.2. The van der Waals surface area contributed by atoms with Crippen LogP contribution in [0.5, 0.6) is 0 Å². The van der Waals surface area contributed by atoms with E-state index < -0.39 is 0 Å². The Morgan fingerprint density at radius 2 is 1.91 bits per heavy atom. The summed E-state index contributed by atoms with van der Waals surface area (Å²) < 4.78 is 5.46. The molecule has 0 atom stereocenters. The smallest absolute Gasteiger partial charge is 0.379 e. The molecule has 0 aromatic rings. The van der Waals surface area contributed by atoms with Crippen LogP contribution >= 0.6 is 0 Å². The molecule has 0 aromatic heterocycles. The minimum Gasteiger partial charge on any atom is -0.379 e. The molecule has 0 radical (unpaired) electrons. The van der Waals surface area contributed by atoms with E-state index in [1.54, 1.807) is 0 Å². The van der Waals surface area contributed by atoms with Gasteiger partial charge >= 0.3 is 21.1 Å². The summed E-state index contributed by atoms with van der Waals surface area (Å²) >= 11 is 0. The van der Waals surface area contributed by atoms with Crippen LogP contribution in [0.25, 0.3) is 0 Å². The maximum Gasteiger partial charge on any atom is 2.00 e. The van der Waals surface area contributed by atoms with Gasteiger partial charge in [-0.3, -0.25) is 0 Å². The Kier molecular flexibility index (Phi) is 11.3. The van der Waals surface area contributed by atoms with Gasteiger partial charge in [0.1, 0.15) is 0 Å². The van der Waals surface area contributed by atoms with Gasteiger partial charge in [0.05, 0.1) is 6.10 Å². The first-order valence-electron chi connectivity index (χ1n) is 3.86. The first-order chi connectivity index (χ1) is 4.43. The molecule has 1 nitrogen and oxygen atoms in total. The van der Waals surface area contributed by atoms with Crippen molar-refractivity contribution in [3.8, 4) is 0 Å². The van der Waals surface area contributed by atoms with Gasteiger partial charge in [-0.25, -0.2) is 0 Å². The normalized spacial score (nSPS) is 18.3. The van der Waals surface area contributed by atoms with Gasteiger partial charge in [-0.05, 0) is 6.92 Å². The maximum absolute atomic E-state index is 5.46. The second-order valence-electron chi connectivity index (χ2n) is 2.52. The van der Waals surface area contributed by atoms with E-state index in [9.17, 15) is 0 Å². The SMILES string of the molecule is CCOC1CC[CH-]CC1.[CH3-].[W+2]. The molecule has 0 heterocycles.